The van der Waals surface area contributed by atoms with Crippen molar-refractivity contribution in [2.75, 3.05) is 4.90 Å². The van der Waals surface area contributed by atoms with Crippen molar-refractivity contribution in [2.24, 2.45) is 0 Å². The zero-order valence-electron chi connectivity index (χ0n) is 34.5. The molecule has 63 heavy (non-hydrogen) atoms. The maximum Gasteiger partial charge on any atom is 0.0547 e. The van der Waals surface area contributed by atoms with Crippen LogP contribution in [-0.2, 0) is 0 Å². The van der Waals surface area contributed by atoms with Gasteiger partial charge >= 0.3 is 0 Å². The molecule has 0 saturated heterocycles. The lowest BCUT2D eigenvalue weighted by atomic mass is 9.99. The molecule has 0 saturated carbocycles. The monoisotopic (exact) mass is 803 g/mol. The number of hydrogen-bond acceptors (Lipinski definition) is 1. The normalized spacial score (nSPS) is 11.5. The van der Waals surface area contributed by atoms with Gasteiger partial charge in [-0.05, 0) is 124 Å². The summed E-state index contributed by atoms with van der Waals surface area (Å²) in [6.07, 6.45) is 0. The predicted molar refractivity (Wildman–Crippen MR) is 266 cm³/mol. The van der Waals surface area contributed by atoms with Crippen molar-refractivity contribution >= 4 is 60.7 Å². The predicted octanol–water partition coefficient (Wildman–Crippen LogP) is 16.4. The van der Waals surface area contributed by atoms with Crippen LogP contribution >= 0.6 is 0 Å². The second-order valence-corrected chi connectivity index (χ2v) is 16.2. The highest BCUT2D eigenvalue weighted by Crippen LogP contribution is 2.40. The third kappa shape index (κ3) is 6.38. The van der Waals surface area contributed by atoms with Gasteiger partial charge in [-0.3, -0.25) is 0 Å². The number of anilines is 3. The Morgan fingerprint density at radius 2 is 0.571 bits per heavy atom. The molecule has 0 radical (unpaired) electrons. The third-order valence-electron chi connectivity index (χ3n) is 12.5. The SMILES string of the molecule is c1ccc(N(c2ccc(-c3ccc(-c4ccc5c6ccccc6n(-c6ccccc6)c5c4)cc3)cc2)c2ccc(-c3ccc4c(c3)c3ccccc3n4-c3ccccc3)cc2)cc1. The number of rotatable bonds is 8. The van der Waals surface area contributed by atoms with Crippen molar-refractivity contribution in [2.45, 2.75) is 0 Å². The van der Waals surface area contributed by atoms with E-state index in [1.165, 1.54) is 88.4 Å². The van der Waals surface area contributed by atoms with Crippen LogP contribution in [0.25, 0.3) is 88.4 Å². The van der Waals surface area contributed by atoms with E-state index in [1.807, 2.05) is 0 Å². The van der Waals surface area contributed by atoms with E-state index in [9.17, 15) is 0 Å². The minimum atomic E-state index is 1.10. The molecular formula is C60H41N3. The Kier molecular flexibility index (Phi) is 8.83. The standard InChI is InChI=1S/C60H41N3/c1-4-14-48(15-5-1)61(52-36-30-45(31-37-52)46-33-39-59-56(40-46)54-21-11-13-23-58(54)62(59)49-16-6-2-7-17-49)51-34-28-43(29-35-51)42-24-26-44(27-25-42)47-32-38-55-53-20-10-12-22-57(53)63(60(55)41-47)50-18-8-3-9-19-50/h1-41H. The average molecular weight is 804 g/mol. The van der Waals surface area contributed by atoms with E-state index in [2.05, 4.69) is 263 Å². The smallest absolute Gasteiger partial charge is 0.0547 e. The molecule has 0 fully saturated rings. The van der Waals surface area contributed by atoms with Crippen LogP contribution in [0.3, 0.4) is 0 Å². The largest absolute Gasteiger partial charge is 0.311 e. The molecule has 0 aliphatic carbocycles. The summed E-state index contributed by atoms with van der Waals surface area (Å²) in [5, 5.41) is 5.03. The van der Waals surface area contributed by atoms with E-state index >= 15 is 0 Å². The molecule has 0 aliphatic rings. The summed E-state index contributed by atoms with van der Waals surface area (Å²) in [7, 11) is 0. The molecule has 2 heterocycles. The van der Waals surface area contributed by atoms with Crippen LogP contribution in [0.15, 0.2) is 249 Å². The molecular weight excluding hydrogens is 763 g/mol. The van der Waals surface area contributed by atoms with E-state index in [4.69, 9.17) is 0 Å². The van der Waals surface area contributed by atoms with Gasteiger partial charge in [0.2, 0.25) is 0 Å². The maximum absolute atomic E-state index is 2.38. The van der Waals surface area contributed by atoms with E-state index in [0.717, 1.165) is 17.1 Å². The lowest BCUT2D eigenvalue weighted by molar-refractivity contribution is 1.18. The Morgan fingerprint density at radius 3 is 1.13 bits per heavy atom. The van der Waals surface area contributed by atoms with Gasteiger partial charge in [0, 0.05) is 50.0 Å². The highest BCUT2D eigenvalue weighted by atomic mass is 15.1. The molecule has 0 spiro atoms. The van der Waals surface area contributed by atoms with E-state index < -0.39 is 0 Å². The Hall–Kier alpha value is -8.40. The molecule has 2 aromatic heterocycles. The van der Waals surface area contributed by atoms with Crippen LogP contribution in [0, 0.1) is 0 Å². The first-order valence-electron chi connectivity index (χ1n) is 21.6. The quantitative estimate of drug-likeness (QED) is 0.149. The number of aromatic nitrogens is 2. The summed E-state index contributed by atoms with van der Waals surface area (Å²) >= 11 is 0. The third-order valence-corrected chi connectivity index (χ3v) is 12.5. The molecule has 0 amide bonds. The van der Waals surface area contributed by atoms with Gasteiger partial charge in [0.15, 0.2) is 0 Å². The van der Waals surface area contributed by atoms with Crippen molar-refractivity contribution in [3.63, 3.8) is 0 Å². The highest BCUT2D eigenvalue weighted by molar-refractivity contribution is 6.11. The Balaban J connectivity index is 0.842. The van der Waals surface area contributed by atoms with Gasteiger partial charge in [0.05, 0.1) is 22.1 Å². The van der Waals surface area contributed by atoms with Gasteiger partial charge in [-0.1, -0.05) is 158 Å². The fourth-order valence-corrected chi connectivity index (χ4v) is 9.50. The maximum atomic E-state index is 2.38. The molecule has 3 heteroatoms. The number of para-hydroxylation sites is 5. The summed E-state index contributed by atoms with van der Waals surface area (Å²) in [4.78, 5) is 2.33. The molecule has 0 N–H and O–H groups in total. The lowest BCUT2D eigenvalue weighted by Crippen LogP contribution is -2.09. The first-order chi connectivity index (χ1) is 31.2. The Bertz CT molecular complexity index is 3570. The Labute approximate surface area is 366 Å². The average Bonchev–Trinajstić information content (AvgIpc) is 3.88. The van der Waals surface area contributed by atoms with Gasteiger partial charge < -0.3 is 14.0 Å². The second-order valence-electron chi connectivity index (χ2n) is 16.2. The number of hydrogen-bond donors (Lipinski definition) is 0. The molecule has 0 unspecified atom stereocenters. The first-order valence-corrected chi connectivity index (χ1v) is 21.6. The van der Waals surface area contributed by atoms with E-state index in [1.54, 1.807) is 0 Å². The minimum absolute atomic E-state index is 1.10. The summed E-state index contributed by atoms with van der Waals surface area (Å²) in [5.74, 6) is 0. The van der Waals surface area contributed by atoms with Crippen molar-refractivity contribution in [1.29, 1.82) is 0 Å². The molecule has 10 aromatic carbocycles. The number of nitrogens with zero attached hydrogens (tertiary/aromatic N) is 3. The minimum Gasteiger partial charge on any atom is -0.311 e. The highest BCUT2D eigenvalue weighted by Gasteiger charge is 2.17. The van der Waals surface area contributed by atoms with E-state index in [-0.39, 0.29) is 0 Å². The summed E-state index contributed by atoms with van der Waals surface area (Å²) < 4.78 is 4.74. The van der Waals surface area contributed by atoms with Gasteiger partial charge in [0.25, 0.3) is 0 Å². The molecule has 0 bridgehead atoms. The fourth-order valence-electron chi connectivity index (χ4n) is 9.50. The van der Waals surface area contributed by atoms with Crippen molar-refractivity contribution < 1.29 is 0 Å². The fraction of sp³-hybridized carbons (Fsp3) is 0. The summed E-state index contributed by atoms with van der Waals surface area (Å²) in [5.41, 5.74) is 17.6. The first kappa shape index (κ1) is 36.5. The van der Waals surface area contributed by atoms with Crippen LogP contribution in [0.1, 0.15) is 0 Å². The van der Waals surface area contributed by atoms with Crippen molar-refractivity contribution in [3.8, 4) is 44.8 Å². The number of benzene rings is 10. The zero-order valence-corrected chi connectivity index (χ0v) is 34.5. The van der Waals surface area contributed by atoms with Crippen LogP contribution in [0.4, 0.5) is 17.1 Å². The summed E-state index contributed by atoms with van der Waals surface area (Å²) in [6, 6.07) is 89.9. The van der Waals surface area contributed by atoms with Crippen LogP contribution in [0.2, 0.25) is 0 Å². The van der Waals surface area contributed by atoms with E-state index in [0.29, 0.717) is 0 Å². The van der Waals surface area contributed by atoms with Crippen molar-refractivity contribution in [1.82, 2.24) is 9.13 Å². The number of fused-ring (bicyclic) bond motifs is 6. The van der Waals surface area contributed by atoms with Crippen LogP contribution < -0.4 is 4.90 Å². The van der Waals surface area contributed by atoms with Gasteiger partial charge in [0.1, 0.15) is 0 Å². The van der Waals surface area contributed by atoms with Gasteiger partial charge in [-0.2, -0.15) is 0 Å². The molecule has 0 aliphatic heterocycles. The summed E-state index contributed by atoms with van der Waals surface area (Å²) in [6.45, 7) is 0. The van der Waals surface area contributed by atoms with Crippen molar-refractivity contribution in [3.05, 3.63) is 249 Å². The van der Waals surface area contributed by atoms with Crippen LogP contribution in [-0.4, -0.2) is 9.13 Å². The van der Waals surface area contributed by atoms with Gasteiger partial charge in [-0.25, -0.2) is 0 Å². The Morgan fingerprint density at radius 1 is 0.222 bits per heavy atom. The molecule has 12 aromatic rings. The molecule has 12 rings (SSSR count). The molecule has 0 atom stereocenters. The second kappa shape index (κ2) is 15.3. The van der Waals surface area contributed by atoms with Crippen LogP contribution in [0.5, 0.6) is 0 Å². The lowest BCUT2D eigenvalue weighted by Gasteiger charge is -2.26. The molecule has 3 nitrogen and oxygen atoms in total. The molecule has 296 valence electrons. The van der Waals surface area contributed by atoms with Gasteiger partial charge in [-0.15, -0.1) is 0 Å². The topological polar surface area (TPSA) is 13.1 Å². The zero-order chi connectivity index (χ0) is 41.7.